The monoisotopic (exact) mass is 369 g/mol. The molecule has 0 aromatic heterocycles. The summed E-state index contributed by atoms with van der Waals surface area (Å²) in [6, 6.07) is 11.3. The summed E-state index contributed by atoms with van der Waals surface area (Å²) >= 11 is 13.5. The van der Waals surface area contributed by atoms with Gasteiger partial charge in [-0.25, -0.2) is 4.39 Å². The third kappa shape index (κ3) is 4.40. The Labute approximate surface area is 148 Å². The second-order valence-electron chi connectivity index (χ2n) is 5.41. The zero-order chi connectivity index (χ0) is 16.4. The summed E-state index contributed by atoms with van der Waals surface area (Å²) in [6.07, 6.45) is 2.01. The number of rotatable bonds is 5. The van der Waals surface area contributed by atoms with Crippen molar-refractivity contribution in [2.24, 2.45) is 0 Å². The molecule has 6 heteroatoms. The highest BCUT2D eigenvalue weighted by atomic mass is 35.5. The average Bonchev–Trinajstić information content (AvgIpc) is 3.33. The van der Waals surface area contributed by atoms with Gasteiger partial charge in [0.05, 0.1) is 5.02 Å². The maximum atomic E-state index is 13.2. The van der Waals surface area contributed by atoms with Crippen molar-refractivity contribution in [1.82, 2.24) is 5.32 Å². The molecule has 2 nitrogen and oxygen atoms in total. The number of nitrogens with one attached hydrogen (secondary N) is 1. The van der Waals surface area contributed by atoms with Crippen LogP contribution in [0.25, 0.3) is 0 Å². The van der Waals surface area contributed by atoms with Crippen molar-refractivity contribution >= 4 is 40.9 Å². The lowest BCUT2D eigenvalue weighted by Gasteiger charge is -2.18. The molecule has 1 atom stereocenters. The fourth-order valence-electron chi connectivity index (χ4n) is 2.11. The van der Waals surface area contributed by atoms with Crippen LogP contribution in [0.3, 0.4) is 0 Å². The minimum absolute atomic E-state index is 0.0971. The lowest BCUT2D eigenvalue weighted by atomic mass is 10.1. The maximum Gasteiger partial charge on any atom is 0.238 e. The molecule has 0 heterocycles. The molecule has 0 radical (unpaired) electrons. The Morgan fingerprint density at radius 1 is 1.17 bits per heavy atom. The Kier molecular flexibility index (Phi) is 5.14. The fraction of sp³-hybridized carbons (Fsp3) is 0.235. The van der Waals surface area contributed by atoms with E-state index in [0.29, 0.717) is 10.0 Å². The summed E-state index contributed by atoms with van der Waals surface area (Å²) in [7, 11) is 0. The van der Waals surface area contributed by atoms with Gasteiger partial charge < -0.3 is 5.32 Å². The van der Waals surface area contributed by atoms with Gasteiger partial charge in [0.15, 0.2) is 0 Å². The van der Waals surface area contributed by atoms with E-state index < -0.39 is 5.25 Å². The van der Waals surface area contributed by atoms with Crippen LogP contribution in [0.4, 0.5) is 4.39 Å². The predicted octanol–water partition coefficient (Wildman–Crippen LogP) is 5.24. The molecule has 1 unspecified atom stereocenters. The minimum Gasteiger partial charge on any atom is -0.352 e. The maximum absolute atomic E-state index is 13.2. The van der Waals surface area contributed by atoms with E-state index in [9.17, 15) is 9.18 Å². The third-order valence-corrected chi connectivity index (χ3v) is 5.46. The molecule has 23 heavy (non-hydrogen) atoms. The van der Waals surface area contributed by atoms with E-state index in [1.807, 2.05) is 0 Å². The fourth-order valence-corrected chi connectivity index (χ4v) is 3.70. The van der Waals surface area contributed by atoms with Crippen LogP contribution >= 0.6 is 35.0 Å². The van der Waals surface area contributed by atoms with Gasteiger partial charge in [-0.2, -0.15) is 0 Å². The van der Waals surface area contributed by atoms with Crippen molar-refractivity contribution in [3.05, 3.63) is 63.9 Å². The summed E-state index contributed by atoms with van der Waals surface area (Å²) < 4.78 is 13.2. The molecule has 0 saturated heterocycles. The Balaban J connectivity index is 1.88. The lowest BCUT2D eigenvalue weighted by molar-refractivity contribution is -0.120. The molecule has 2 aromatic carbocycles. The van der Waals surface area contributed by atoms with Crippen molar-refractivity contribution in [3.8, 4) is 0 Å². The Morgan fingerprint density at radius 2 is 1.87 bits per heavy atom. The van der Waals surface area contributed by atoms with Crippen molar-refractivity contribution < 1.29 is 9.18 Å². The second kappa shape index (κ2) is 7.12. The van der Waals surface area contributed by atoms with E-state index in [2.05, 4.69) is 5.32 Å². The van der Waals surface area contributed by atoms with Gasteiger partial charge in [-0.05, 0) is 48.7 Å². The SMILES string of the molecule is O=C(NC1CC1)C(Sc1cc(Cl)ccc1Cl)c1ccc(F)cc1. The summed E-state index contributed by atoms with van der Waals surface area (Å²) in [5.74, 6) is -0.430. The van der Waals surface area contributed by atoms with E-state index in [1.165, 1.54) is 23.9 Å². The normalized spacial score (nSPS) is 15.3. The number of carbonyl (C=O) groups is 1. The highest BCUT2D eigenvalue weighted by Gasteiger charge is 2.29. The van der Waals surface area contributed by atoms with E-state index in [0.717, 1.165) is 23.3 Å². The van der Waals surface area contributed by atoms with Gasteiger partial charge in [0, 0.05) is 16.0 Å². The van der Waals surface area contributed by atoms with Crippen LogP contribution in [-0.2, 0) is 4.79 Å². The van der Waals surface area contributed by atoms with Crippen LogP contribution in [0.5, 0.6) is 0 Å². The molecule has 1 amide bonds. The molecule has 1 N–H and O–H groups in total. The predicted molar refractivity (Wildman–Crippen MR) is 92.6 cm³/mol. The molecule has 0 spiro atoms. The standard InChI is InChI=1S/C17H14Cl2FNOS/c18-11-3-8-14(19)15(9-11)23-16(17(22)21-13-6-7-13)10-1-4-12(20)5-2-10/h1-5,8-9,13,16H,6-7H2,(H,21,22). The quantitative estimate of drug-likeness (QED) is 0.729. The topological polar surface area (TPSA) is 29.1 Å². The molecule has 3 rings (SSSR count). The number of hydrogen-bond acceptors (Lipinski definition) is 2. The van der Waals surface area contributed by atoms with Crippen molar-refractivity contribution in [3.63, 3.8) is 0 Å². The van der Waals surface area contributed by atoms with Crippen LogP contribution in [0.2, 0.25) is 10.0 Å². The van der Waals surface area contributed by atoms with Gasteiger partial charge in [-0.15, -0.1) is 11.8 Å². The van der Waals surface area contributed by atoms with Crippen molar-refractivity contribution in [1.29, 1.82) is 0 Å². The molecule has 1 aliphatic carbocycles. The van der Waals surface area contributed by atoms with E-state index in [1.54, 1.807) is 30.3 Å². The van der Waals surface area contributed by atoms with Crippen LogP contribution in [0.15, 0.2) is 47.4 Å². The lowest BCUT2D eigenvalue weighted by Crippen LogP contribution is -2.29. The van der Waals surface area contributed by atoms with Gasteiger partial charge in [-0.1, -0.05) is 35.3 Å². The number of thioether (sulfide) groups is 1. The Bertz CT molecular complexity index is 719. The van der Waals surface area contributed by atoms with Crippen LogP contribution in [-0.4, -0.2) is 11.9 Å². The largest absolute Gasteiger partial charge is 0.352 e. The van der Waals surface area contributed by atoms with Gasteiger partial charge in [-0.3, -0.25) is 4.79 Å². The Hall–Kier alpha value is -1.23. The number of carbonyl (C=O) groups excluding carboxylic acids is 1. The van der Waals surface area contributed by atoms with Crippen LogP contribution in [0.1, 0.15) is 23.7 Å². The first-order valence-electron chi connectivity index (χ1n) is 7.20. The summed E-state index contributed by atoms with van der Waals surface area (Å²) in [5, 5.41) is 3.57. The van der Waals surface area contributed by atoms with Crippen LogP contribution < -0.4 is 5.32 Å². The average molecular weight is 370 g/mol. The summed E-state index contributed by atoms with van der Waals surface area (Å²) in [6.45, 7) is 0. The number of hydrogen-bond donors (Lipinski definition) is 1. The third-order valence-electron chi connectivity index (χ3n) is 3.47. The van der Waals surface area contributed by atoms with E-state index in [-0.39, 0.29) is 17.8 Å². The van der Waals surface area contributed by atoms with Gasteiger partial charge >= 0.3 is 0 Å². The van der Waals surface area contributed by atoms with Gasteiger partial charge in [0.1, 0.15) is 11.1 Å². The number of benzene rings is 2. The first-order valence-corrected chi connectivity index (χ1v) is 8.84. The molecule has 0 aliphatic heterocycles. The van der Waals surface area contributed by atoms with Crippen molar-refractivity contribution in [2.45, 2.75) is 29.0 Å². The van der Waals surface area contributed by atoms with E-state index >= 15 is 0 Å². The molecular formula is C17H14Cl2FNOS. The van der Waals surface area contributed by atoms with Crippen LogP contribution in [0, 0.1) is 5.82 Å². The summed E-state index contributed by atoms with van der Waals surface area (Å²) in [5.41, 5.74) is 0.727. The van der Waals surface area contributed by atoms with Crippen molar-refractivity contribution in [2.75, 3.05) is 0 Å². The highest BCUT2D eigenvalue weighted by Crippen LogP contribution is 2.40. The number of halogens is 3. The zero-order valence-electron chi connectivity index (χ0n) is 12.1. The number of amides is 1. The molecular weight excluding hydrogens is 356 g/mol. The highest BCUT2D eigenvalue weighted by molar-refractivity contribution is 8.00. The first-order chi connectivity index (χ1) is 11.0. The molecule has 1 fully saturated rings. The summed E-state index contributed by atoms with van der Waals surface area (Å²) in [4.78, 5) is 13.3. The second-order valence-corrected chi connectivity index (χ2v) is 7.40. The smallest absolute Gasteiger partial charge is 0.238 e. The van der Waals surface area contributed by atoms with E-state index in [4.69, 9.17) is 23.2 Å². The molecule has 1 saturated carbocycles. The van der Waals surface area contributed by atoms with Gasteiger partial charge in [0.25, 0.3) is 0 Å². The molecule has 120 valence electrons. The molecule has 1 aliphatic rings. The zero-order valence-corrected chi connectivity index (χ0v) is 14.4. The first kappa shape index (κ1) is 16.6. The minimum atomic E-state index is -0.507. The molecule has 0 bridgehead atoms. The molecule has 2 aromatic rings. The van der Waals surface area contributed by atoms with Gasteiger partial charge in [0.2, 0.25) is 5.91 Å². The Morgan fingerprint density at radius 3 is 2.52 bits per heavy atom.